The molecule has 0 aliphatic rings. The van der Waals surface area contributed by atoms with E-state index < -0.39 is 5.97 Å². The number of aryl methyl sites for hydroxylation is 1. The van der Waals surface area contributed by atoms with Gasteiger partial charge in [0.05, 0.1) is 0 Å². The summed E-state index contributed by atoms with van der Waals surface area (Å²) in [4.78, 5) is 10.2. The Bertz CT molecular complexity index is 413. The smallest absolute Gasteiger partial charge is 0.315 e. The summed E-state index contributed by atoms with van der Waals surface area (Å²) in [7, 11) is 0. The fraction of sp³-hybridized carbons (Fsp3) is 0.182. The van der Waals surface area contributed by atoms with Gasteiger partial charge in [0.25, 0.3) is 0 Å². The van der Waals surface area contributed by atoms with Crippen LogP contribution in [-0.2, 0) is 4.79 Å². The second-order valence-corrected chi connectivity index (χ2v) is 2.95. The molecule has 1 aromatic carbocycles. The lowest BCUT2D eigenvalue weighted by atomic mass is 10.1. The van der Waals surface area contributed by atoms with Crippen LogP contribution in [0.15, 0.2) is 18.2 Å². The minimum absolute atomic E-state index is 0.145. The molecule has 0 heterocycles. The Morgan fingerprint density at radius 3 is 2.93 bits per heavy atom. The van der Waals surface area contributed by atoms with Crippen molar-refractivity contribution >= 4 is 11.7 Å². The molecule has 0 aliphatic heterocycles. The van der Waals surface area contributed by atoms with E-state index >= 15 is 0 Å². The van der Waals surface area contributed by atoms with Crippen LogP contribution in [0.1, 0.15) is 17.5 Å². The molecule has 72 valence electrons. The van der Waals surface area contributed by atoms with Crippen LogP contribution < -0.4 is 5.73 Å². The van der Waals surface area contributed by atoms with Gasteiger partial charge in [-0.2, -0.15) is 0 Å². The molecule has 0 aliphatic carbocycles. The van der Waals surface area contributed by atoms with E-state index in [2.05, 4.69) is 11.8 Å². The number of anilines is 1. The lowest BCUT2D eigenvalue weighted by Crippen LogP contribution is -1.91. The summed E-state index contributed by atoms with van der Waals surface area (Å²) >= 11 is 0. The molecule has 0 saturated heterocycles. The number of benzene rings is 1. The Morgan fingerprint density at radius 2 is 2.29 bits per heavy atom. The van der Waals surface area contributed by atoms with Gasteiger partial charge in [-0.3, -0.25) is 4.79 Å². The van der Waals surface area contributed by atoms with Crippen LogP contribution in [0, 0.1) is 18.8 Å². The van der Waals surface area contributed by atoms with Crippen molar-refractivity contribution in [3.63, 3.8) is 0 Å². The molecule has 0 spiro atoms. The predicted molar refractivity (Wildman–Crippen MR) is 54.7 cm³/mol. The van der Waals surface area contributed by atoms with Crippen molar-refractivity contribution in [2.45, 2.75) is 13.3 Å². The maximum Gasteiger partial charge on any atom is 0.315 e. The molecule has 1 rings (SSSR count). The first-order valence-electron chi connectivity index (χ1n) is 4.16. The summed E-state index contributed by atoms with van der Waals surface area (Å²) in [5.41, 5.74) is 7.99. The summed E-state index contributed by atoms with van der Waals surface area (Å²) in [5.74, 6) is 4.42. The van der Waals surface area contributed by atoms with Crippen molar-refractivity contribution in [2.75, 3.05) is 5.73 Å². The van der Waals surface area contributed by atoms with Crippen LogP contribution in [0.2, 0.25) is 0 Å². The first-order valence-corrected chi connectivity index (χ1v) is 4.16. The topological polar surface area (TPSA) is 63.3 Å². The van der Waals surface area contributed by atoms with Crippen molar-refractivity contribution in [1.82, 2.24) is 0 Å². The second kappa shape index (κ2) is 4.33. The van der Waals surface area contributed by atoms with E-state index in [0.717, 1.165) is 11.1 Å². The Morgan fingerprint density at radius 1 is 1.57 bits per heavy atom. The standard InChI is InChI=1S/C11H11NO2/c1-8-5-6-10(12)7-9(8)3-2-4-11(13)14/h5-7H,4,12H2,1H3,(H,13,14). The number of hydrogen-bond acceptors (Lipinski definition) is 2. The van der Waals surface area contributed by atoms with E-state index in [0.29, 0.717) is 5.69 Å². The summed E-state index contributed by atoms with van der Waals surface area (Å²) in [6, 6.07) is 5.39. The van der Waals surface area contributed by atoms with Crippen molar-refractivity contribution in [1.29, 1.82) is 0 Å². The fourth-order valence-corrected chi connectivity index (χ4v) is 0.989. The molecule has 3 nitrogen and oxygen atoms in total. The van der Waals surface area contributed by atoms with Crippen LogP contribution in [0.3, 0.4) is 0 Å². The zero-order chi connectivity index (χ0) is 10.6. The third-order valence-corrected chi connectivity index (χ3v) is 1.72. The molecule has 14 heavy (non-hydrogen) atoms. The SMILES string of the molecule is Cc1ccc(N)cc1C#CCC(=O)O. The average molecular weight is 189 g/mol. The average Bonchev–Trinajstić information content (AvgIpc) is 2.10. The van der Waals surface area contributed by atoms with Gasteiger partial charge in [0.2, 0.25) is 0 Å². The van der Waals surface area contributed by atoms with E-state index in [-0.39, 0.29) is 6.42 Å². The third kappa shape index (κ3) is 2.83. The van der Waals surface area contributed by atoms with Gasteiger partial charge in [-0.1, -0.05) is 17.9 Å². The van der Waals surface area contributed by atoms with Gasteiger partial charge in [-0.05, 0) is 24.6 Å². The first-order chi connectivity index (χ1) is 6.59. The van der Waals surface area contributed by atoms with Crippen molar-refractivity contribution < 1.29 is 9.90 Å². The highest BCUT2D eigenvalue weighted by atomic mass is 16.4. The van der Waals surface area contributed by atoms with Crippen LogP contribution in [-0.4, -0.2) is 11.1 Å². The van der Waals surface area contributed by atoms with Gasteiger partial charge in [0, 0.05) is 11.3 Å². The maximum atomic E-state index is 10.2. The minimum Gasteiger partial charge on any atom is -0.481 e. The normalized spacial score (nSPS) is 8.93. The highest BCUT2D eigenvalue weighted by Gasteiger charge is 1.95. The number of hydrogen-bond donors (Lipinski definition) is 2. The Kier molecular flexibility index (Phi) is 3.14. The number of carboxylic acid groups (broad SMARTS) is 1. The number of nitrogens with two attached hydrogens (primary N) is 1. The number of nitrogen functional groups attached to an aromatic ring is 1. The van der Waals surface area contributed by atoms with E-state index in [1.54, 1.807) is 12.1 Å². The van der Waals surface area contributed by atoms with Gasteiger partial charge in [0.1, 0.15) is 6.42 Å². The maximum absolute atomic E-state index is 10.2. The van der Waals surface area contributed by atoms with Crippen molar-refractivity contribution in [3.05, 3.63) is 29.3 Å². The lowest BCUT2D eigenvalue weighted by molar-refractivity contribution is -0.135. The molecular weight excluding hydrogens is 178 g/mol. The van der Waals surface area contributed by atoms with Crippen LogP contribution in [0.5, 0.6) is 0 Å². The van der Waals surface area contributed by atoms with E-state index in [9.17, 15) is 4.79 Å². The Labute approximate surface area is 82.6 Å². The van der Waals surface area contributed by atoms with Gasteiger partial charge >= 0.3 is 5.97 Å². The molecule has 0 amide bonds. The number of carboxylic acids is 1. The highest BCUT2D eigenvalue weighted by molar-refractivity contribution is 5.70. The summed E-state index contributed by atoms with van der Waals surface area (Å²) < 4.78 is 0. The Hall–Kier alpha value is -1.95. The van der Waals surface area contributed by atoms with E-state index in [4.69, 9.17) is 10.8 Å². The summed E-state index contributed by atoms with van der Waals surface area (Å²) in [6.45, 7) is 1.91. The number of carbonyl (C=O) groups is 1. The molecule has 3 N–H and O–H groups in total. The highest BCUT2D eigenvalue weighted by Crippen LogP contribution is 2.10. The van der Waals surface area contributed by atoms with Crippen LogP contribution in [0.25, 0.3) is 0 Å². The molecule has 3 heteroatoms. The van der Waals surface area contributed by atoms with Gasteiger partial charge < -0.3 is 10.8 Å². The van der Waals surface area contributed by atoms with Gasteiger partial charge in [-0.25, -0.2) is 0 Å². The first kappa shape index (κ1) is 10.1. The van der Waals surface area contributed by atoms with Crippen molar-refractivity contribution in [3.8, 4) is 11.8 Å². The van der Waals surface area contributed by atoms with E-state index in [1.807, 2.05) is 13.0 Å². The van der Waals surface area contributed by atoms with Crippen molar-refractivity contribution in [2.24, 2.45) is 0 Å². The minimum atomic E-state index is -0.918. The number of aliphatic carboxylic acids is 1. The molecule has 0 saturated carbocycles. The van der Waals surface area contributed by atoms with Crippen LogP contribution >= 0.6 is 0 Å². The Balaban J connectivity index is 2.88. The number of rotatable bonds is 1. The molecular formula is C11H11NO2. The molecule has 0 bridgehead atoms. The molecule has 1 aromatic rings. The molecule has 0 aromatic heterocycles. The molecule has 0 atom stereocenters. The zero-order valence-corrected chi connectivity index (χ0v) is 7.87. The monoisotopic (exact) mass is 189 g/mol. The fourth-order valence-electron chi connectivity index (χ4n) is 0.989. The molecule has 0 fully saturated rings. The third-order valence-electron chi connectivity index (χ3n) is 1.72. The molecule has 0 radical (unpaired) electrons. The van der Waals surface area contributed by atoms with Gasteiger partial charge in [-0.15, -0.1) is 0 Å². The predicted octanol–water partition coefficient (Wildman–Crippen LogP) is 1.40. The van der Waals surface area contributed by atoms with Gasteiger partial charge in [0.15, 0.2) is 0 Å². The second-order valence-electron chi connectivity index (χ2n) is 2.95. The summed E-state index contributed by atoms with van der Waals surface area (Å²) in [6.07, 6.45) is -0.145. The van der Waals surface area contributed by atoms with Crippen LogP contribution in [0.4, 0.5) is 5.69 Å². The van der Waals surface area contributed by atoms with E-state index in [1.165, 1.54) is 0 Å². The quantitative estimate of drug-likeness (QED) is 0.518. The zero-order valence-electron chi connectivity index (χ0n) is 7.87. The molecule has 0 unspecified atom stereocenters. The lowest BCUT2D eigenvalue weighted by Gasteiger charge is -1.98. The summed E-state index contributed by atoms with van der Waals surface area (Å²) in [5, 5.41) is 8.39. The largest absolute Gasteiger partial charge is 0.481 e.